The third-order valence-electron chi connectivity index (χ3n) is 6.84. The minimum absolute atomic E-state index is 0. The fraction of sp³-hybridized carbons (Fsp3) is 0.571. The molecular weight excluding hydrogens is 599 g/mol. The summed E-state index contributed by atoms with van der Waals surface area (Å²) >= 11 is 12.6. The average Bonchev–Trinajstić information content (AvgIpc) is 2.85. The van der Waals surface area contributed by atoms with Gasteiger partial charge in [0.25, 0.3) is 0 Å². The van der Waals surface area contributed by atoms with E-state index >= 15 is 0 Å². The molecule has 2 N–H and O–H groups in total. The molecule has 0 atom stereocenters. The van der Waals surface area contributed by atoms with Crippen molar-refractivity contribution in [2.45, 2.75) is 86.5 Å². The van der Waals surface area contributed by atoms with Crippen LogP contribution in [0.25, 0.3) is 0 Å². The summed E-state index contributed by atoms with van der Waals surface area (Å²) in [6, 6.07) is 16.9. The number of hydrogen-bond donors (Lipinski definition) is 2. The molecule has 0 bridgehead atoms. The van der Waals surface area contributed by atoms with Crippen LogP contribution < -0.4 is 10.6 Å². The van der Waals surface area contributed by atoms with Crippen molar-refractivity contribution in [1.29, 1.82) is 0 Å². The molecule has 0 aliphatic carbocycles. The van der Waals surface area contributed by atoms with Gasteiger partial charge in [-0.2, -0.15) is 0 Å². The Kier molecular flexibility index (Phi) is 13.3. The Balaban J connectivity index is 0.00000481. The molecule has 3 rings (SSSR count). The molecule has 1 saturated heterocycles. The number of unbranched alkanes of at least 4 members (excludes halogenated alkanes) is 2. The van der Waals surface area contributed by atoms with Crippen molar-refractivity contribution >= 4 is 78.8 Å². The molecule has 2 nitrogen and oxygen atoms in total. The summed E-state index contributed by atoms with van der Waals surface area (Å²) in [7, 11) is 7.95. The first-order valence-corrected chi connectivity index (χ1v) is 17.8. The Bertz CT molecular complexity index is 881. The van der Waals surface area contributed by atoms with Gasteiger partial charge in [0.1, 0.15) is 8.16 Å². The van der Waals surface area contributed by atoms with E-state index in [0.717, 1.165) is 23.1 Å². The largest absolute Gasteiger partial charge is 0.309 e. The highest BCUT2D eigenvalue weighted by molar-refractivity contribution is 8.93. The van der Waals surface area contributed by atoms with Gasteiger partial charge in [0.2, 0.25) is 0 Å². The topological polar surface area (TPSA) is 24.1 Å². The van der Waals surface area contributed by atoms with E-state index in [0.29, 0.717) is 0 Å². The van der Waals surface area contributed by atoms with Gasteiger partial charge in [0, 0.05) is 21.1 Å². The first kappa shape index (κ1) is 33.8. The number of nitrogens with one attached hydrogen (secondary N) is 2. The predicted molar refractivity (Wildman–Crippen MR) is 178 cm³/mol. The first-order valence-electron chi connectivity index (χ1n) is 12.8. The van der Waals surface area contributed by atoms with E-state index in [1.807, 2.05) is 67.4 Å². The molecule has 2 aromatic carbocycles. The van der Waals surface area contributed by atoms with E-state index in [-0.39, 0.29) is 31.6 Å². The number of benzene rings is 2. The van der Waals surface area contributed by atoms with Crippen molar-refractivity contribution in [3.05, 3.63) is 69.7 Å². The van der Waals surface area contributed by atoms with Crippen LogP contribution in [0.5, 0.6) is 0 Å². The van der Waals surface area contributed by atoms with E-state index in [9.17, 15) is 0 Å². The highest BCUT2D eigenvalue weighted by atomic mass is 35.5. The maximum absolute atomic E-state index is 6.31. The van der Waals surface area contributed by atoms with Gasteiger partial charge in [-0.1, -0.05) is 117 Å². The third-order valence-corrected chi connectivity index (χ3v) is 17.2. The maximum Gasteiger partial charge on any atom is 0.124 e. The van der Waals surface area contributed by atoms with Gasteiger partial charge in [0.15, 0.2) is 0 Å². The third kappa shape index (κ3) is 7.48. The summed E-state index contributed by atoms with van der Waals surface area (Å²) in [5.41, 5.74) is 2.27. The first-order chi connectivity index (χ1) is 17.0. The molecule has 1 aliphatic heterocycles. The lowest BCUT2D eigenvalue weighted by molar-refractivity contribution is 0.352. The quantitative estimate of drug-likeness (QED) is 0.177. The van der Waals surface area contributed by atoms with Gasteiger partial charge in [-0.05, 0) is 89.0 Å². The highest BCUT2D eigenvalue weighted by Gasteiger charge is 2.59. The van der Waals surface area contributed by atoms with E-state index in [4.69, 9.17) is 23.2 Å². The van der Waals surface area contributed by atoms with Gasteiger partial charge in [-0.25, -0.2) is 0 Å². The molecule has 0 aromatic heterocycles. The van der Waals surface area contributed by atoms with Crippen LogP contribution in [0.15, 0.2) is 48.5 Å². The van der Waals surface area contributed by atoms with Crippen LogP contribution in [0.4, 0.5) is 0 Å². The lowest BCUT2D eigenvalue weighted by Crippen LogP contribution is -2.57. The van der Waals surface area contributed by atoms with Crippen molar-refractivity contribution in [1.82, 2.24) is 10.6 Å². The Hall–Kier alpha value is 0.630. The zero-order valence-electron chi connectivity index (χ0n) is 22.7. The standard InChI is InChI=1S/C28H40Cl2N2S4.ClH/c1-7-9-19-31-25(3,4)27(21-11-15-23(29)16-12-21)33-35-28(36-34-27,22-13-17-24(30)18-14-22)26(5,6)32-20-10-8-2;/h11-18,31-32H,7-10,19-20H2,1-6H3;1H. The van der Waals surface area contributed by atoms with Gasteiger partial charge >= 0.3 is 0 Å². The molecule has 1 fully saturated rings. The smallest absolute Gasteiger partial charge is 0.124 e. The average molecular weight is 640 g/mol. The summed E-state index contributed by atoms with van der Waals surface area (Å²) in [6.45, 7) is 15.9. The normalized spacial score (nSPS) is 22.5. The van der Waals surface area contributed by atoms with Crippen LogP contribution >= 0.6 is 78.8 Å². The van der Waals surface area contributed by atoms with Crippen LogP contribution in [0.3, 0.4) is 0 Å². The van der Waals surface area contributed by atoms with Gasteiger partial charge in [-0.15, -0.1) is 12.4 Å². The van der Waals surface area contributed by atoms with Crippen LogP contribution in [0.2, 0.25) is 10.0 Å². The molecule has 0 spiro atoms. The molecule has 9 heteroatoms. The molecule has 37 heavy (non-hydrogen) atoms. The molecule has 0 radical (unpaired) electrons. The summed E-state index contributed by atoms with van der Waals surface area (Å²) in [5, 5.41) is 9.35. The van der Waals surface area contributed by atoms with E-state index in [2.05, 4.69) is 76.4 Å². The molecule has 1 heterocycles. The summed E-state index contributed by atoms with van der Waals surface area (Å²) in [5.74, 6) is 0. The molecule has 208 valence electrons. The van der Waals surface area contributed by atoms with Crippen molar-refractivity contribution < 1.29 is 0 Å². The SMILES string of the molecule is CCCCNC(C)(C)C1(c2ccc(Cl)cc2)SSC(c2ccc(Cl)cc2)(C(C)(C)NCCCC)SS1.Cl. The maximum atomic E-state index is 6.31. The second-order valence-corrected chi connectivity index (χ2v) is 16.9. The van der Waals surface area contributed by atoms with Gasteiger partial charge < -0.3 is 10.6 Å². The fourth-order valence-corrected chi connectivity index (χ4v) is 15.6. The lowest BCUT2D eigenvalue weighted by atomic mass is 9.93. The zero-order valence-corrected chi connectivity index (χ0v) is 28.3. The van der Waals surface area contributed by atoms with E-state index < -0.39 is 0 Å². The minimum Gasteiger partial charge on any atom is -0.309 e. The van der Waals surface area contributed by atoms with E-state index in [1.165, 1.54) is 36.8 Å². The second kappa shape index (κ2) is 14.5. The monoisotopic (exact) mass is 638 g/mol. The Morgan fingerprint density at radius 3 is 1.19 bits per heavy atom. The van der Waals surface area contributed by atoms with Crippen molar-refractivity contribution in [3.8, 4) is 0 Å². The summed E-state index contributed by atoms with van der Waals surface area (Å²) in [4.78, 5) is 0. The zero-order chi connectivity index (χ0) is 26.5. The molecule has 2 aromatic rings. The van der Waals surface area contributed by atoms with Crippen molar-refractivity contribution in [2.75, 3.05) is 13.1 Å². The minimum atomic E-state index is -0.212. The molecular formula is C28H41Cl3N2S4. The molecule has 0 saturated carbocycles. The lowest BCUT2D eigenvalue weighted by Gasteiger charge is -2.55. The molecule has 0 unspecified atom stereocenters. The number of halogens is 3. The Morgan fingerprint density at radius 1 is 0.622 bits per heavy atom. The van der Waals surface area contributed by atoms with Gasteiger partial charge in [0.05, 0.1) is 0 Å². The highest BCUT2D eigenvalue weighted by Crippen LogP contribution is 2.76. The van der Waals surface area contributed by atoms with E-state index in [1.54, 1.807) is 0 Å². The van der Waals surface area contributed by atoms with Crippen LogP contribution in [-0.2, 0) is 8.16 Å². The predicted octanol–water partition coefficient (Wildman–Crippen LogP) is 10.5. The van der Waals surface area contributed by atoms with Gasteiger partial charge in [-0.3, -0.25) is 0 Å². The van der Waals surface area contributed by atoms with Crippen molar-refractivity contribution in [2.24, 2.45) is 0 Å². The Morgan fingerprint density at radius 2 is 0.919 bits per heavy atom. The van der Waals surface area contributed by atoms with Crippen LogP contribution in [-0.4, -0.2) is 24.2 Å². The van der Waals surface area contributed by atoms with Crippen molar-refractivity contribution in [3.63, 3.8) is 0 Å². The second-order valence-electron chi connectivity index (χ2n) is 10.4. The van der Waals surface area contributed by atoms with Crippen LogP contribution in [0, 0.1) is 0 Å². The molecule has 1 aliphatic rings. The summed E-state index contributed by atoms with van der Waals surface area (Å²) < 4.78 is -0.424. The Labute approximate surface area is 256 Å². The number of rotatable bonds is 12. The fourth-order valence-electron chi connectivity index (χ4n) is 4.32. The summed E-state index contributed by atoms with van der Waals surface area (Å²) in [6.07, 6.45) is 4.69. The number of hydrogen-bond acceptors (Lipinski definition) is 6. The molecule has 0 amide bonds. The van der Waals surface area contributed by atoms with Crippen LogP contribution in [0.1, 0.15) is 78.4 Å².